The lowest BCUT2D eigenvalue weighted by atomic mass is 10.0. The largest absolute Gasteiger partial charge is 0.334 e. The maximum atomic E-state index is 13.0. The van der Waals surface area contributed by atoms with Crippen LogP contribution in [0.3, 0.4) is 0 Å². The van der Waals surface area contributed by atoms with Crippen LogP contribution in [0.4, 0.5) is 4.79 Å². The summed E-state index contributed by atoms with van der Waals surface area (Å²) in [7, 11) is 0. The molecule has 160 valence electrons. The lowest BCUT2D eigenvalue weighted by Crippen LogP contribution is -2.54. The first kappa shape index (κ1) is 21.4. The summed E-state index contributed by atoms with van der Waals surface area (Å²) >= 11 is 0. The van der Waals surface area contributed by atoms with Crippen LogP contribution in [0.2, 0.25) is 0 Å². The molecule has 3 aliphatic heterocycles. The Balaban J connectivity index is 0.00000256. The van der Waals surface area contributed by atoms with Crippen molar-refractivity contribution in [1.82, 2.24) is 25.8 Å². The molecule has 0 bridgehead atoms. The van der Waals surface area contributed by atoms with Gasteiger partial charge in [-0.1, -0.05) is 19.6 Å². The number of rotatable bonds is 3. The Hall–Kier alpha value is -3.27. The van der Waals surface area contributed by atoms with E-state index in [1.807, 2.05) is 0 Å². The van der Waals surface area contributed by atoms with Crippen molar-refractivity contribution in [3.63, 3.8) is 0 Å². The van der Waals surface area contributed by atoms with Gasteiger partial charge in [0.05, 0.1) is 11.1 Å². The van der Waals surface area contributed by atoms with Crippen molar-refractivity contribution in [2.24, 2.45) is 0 Å². The molecule has 0 saturated carbocycles. The standard InChI is InChI=1S/C19H21N5O5.CH4/c25-14-5-4-13(16(26)22-14)24-17(27)12-3-1-2-11(15(12)18(24)28)10-21-19(29)23-8-6-20-7-9-23;/h1-3,13,20H,4-10H2,(H,21,29)(H,22,25,26);1H4. The Kier molecular flexibility index (Phi) is 6.16. The fourth-order valence-corrected chi connectivity index (χ4v) is 3.88. The van der Waals surface area contributed by atoms with Crippen molar-refractivity contribution >= 4 is 29.7 Å². The fourth-order valence-electron chi connectivity index (χ4n) is 3.88. The molecule has 10 heteroatoms. The van der Waals surface area contributed by atoms with E-state index in [1.54, 1.807) is 17.0 Å². The van der Waals surface area contributed by atoms with E-state index in [9.17, 15) is 24.0 Å². The molecule has 3 heterocycles. The first-order valence-electron chi connectivity index (χ1n) is 9.54. The predicted molar refractivity (Wildman–Crippen MR) is 107 cm³/mol. The Morgan fingerprint density at radius 3 is 2.53 bits per heavy atom. The zero-order valence-electron chi connectivity index (χ0n) is 15.7. The lowest BCUT2D eigenvalue weighted by Gasteiger charge is -2.28. The van der Waals surface area contributed by atoms with Crippen LogP contribution in [0.25, 0.3) is 0 Å². The Bertz CT molecular complexity index is 909. The van der Waals surface area contributed by atoms with Crippen LogP contribution in [0.15, 0.2) is 18.2 Å². The highest BCUT2D eigenvalue weighted by Gasteiger charge is 2.45. The van der Waals surface area contributed by atoms with Gasteiger partial charge in [0, 0.05) is 39.1 Å². The average molecular weight is 415 g/mol. The quantitative estimate of drug-likeness (QED) is 0.589. The molecule has 30 heavy (non-hydrogen) atoms. The molecule has 0 radical (unpaired) electrons. The van der Waals surface area contributed by atoms with Crippen LogP contribution < -0.4 is 16.0 Å². The van der Waals surface area contributed by atoms with Gasteiger partial charge in [-0.25, -0.2) is 4.79 Å². The third kappa shape index (κ3) is 3.78. The third-order valence-corrected chi connectivity index (χ3v) is 5.39. The zero-order valence-corrected chi connectivity index (χ0v) is 15.7. The highest BCUT2D eigenvalue weighted by atomic mass is 16.2. The number of benzene rings is 1. The van der Waals surface area contributed by atoms with Crippen LogP contribution >= 0.6 is 0 Å². The van der Waals surface area contributed by atoms with E-state index < -0.39 is 29.7 Å². The third-order valence-electron chi connectivity index (χ3n) is 5.39. The maximum absolute atomic E-state index is 13.0. The predicted octanol–water partition coefficient (Wildman–Crippen LogP) is -0.161. The zero-order chi connectivity index (χ0) is 20.5. The van der Waals surface area contributed by atoms with E-state index in [0.717, 1.165) is 18.0 Å². The van der Waals surface area contributed by atoms with Gasteiger partial charge >= 0.3 is 6.03 Å². The molecule has 2 saturated heterocycles. The number of hydrogen-bond acceptors (Lipinski definition) is 6. The Morgan fingerprint density at radius 1 is 1.10 bits per heavy atom. The second-order valence-corrected chi connectivity index (χ2v) is 7.18. The molecule has 0 aromatic heterocycles. The number of amides is 6. The first-order valence-corrected chi connectivity index (χ1v) is 9.54. The molecule has 1 unspecified atom stereocenters. The number of urea groups is 1. The van der Waals surface area contributed by atoms with Crippen LogP contribution in [-0.2, 0) is 16.1 Å². The van der Waals surface area contributed by atoms with Gasteiger partial charge in [-0.3, -0.25) is 29.4 Å². The summed E-state index contributed by atoms with van der Waals surface area (Å²) in [6.07, 6.45) is 0.169. The summed E-state index contributed by atoms with van der Waals surface area (Å²) in [4.78, 5) is 64.3. The number of piperidine rings is 1. The minimum atomic E-state index is -1.01. The number of imide groups is 2. The summed E-state index contributed by atoms with van der Waals surface area (Å²) in [5.41, 5.74) is 0.913. The first-order chi connectivity index (χ1) is 14.0. The summed E-state index contributed by atoms with van der Waals surface area (Å²) in [6, 6.07) is 3.61. The van der Waals surface area contributed by atoms with Gasteiger partial charge in [-0.05, 0) is 18.1 Å². The number of carbonyl (C=O) groups excluding carboxylic acids is 5. The highest BCUT2D eigenvalue weighted by molar-refractivity contribution is 6.24. The SMILES string of the molecule is C.O=C1CCC(N2C(=O)c3cccc(CNC(=O)N4CCNCC4)c3C2=O)C(=O)N1. The Labute approximate surface area is 174 Å². The smallest absolute Gasteiger partial charge is 0.317 e. The van der Waals surface area contributed by atoms with E-state index in [4.69, 9.17) is 0 Å². The molecule has 0 spiro atoms. The summed E-state index contributed by atoms with van der Waals surface area (Å²) in [6.45, 7) is 2.73. The van der Waals surface area contributed by atoms with Crippen molar-refractivity contribution in [1.29, 1.82) is 0 Å². The van der Waals surface area contributed by atoms with E-state index in [-0.39, 0.29) is 44.0 Å². The Morgan fingerprint density at radius 2 is 1.83 bits per heavy atom. The van der Waals surface area contributed by atoms with E-state index >= 15 is 0 Å². The topological polar surface area (TPSA) is 128 Å². The van der Waals surface area contributed by atoms with Crippen molar-refractivity contribution < 1.29 is 24.0 Å². The van der Waals surface area contributed by atoms with E-state index in [2.05, 4.69) is 16.0 Å². The normalized spacial score (nSPS) is 21.1. The number of piperazine rings is 1. The van der Waals surface area contributed by atoms with Crippen molar-refractivity contribution in [3.05, 3.63) is 34.9 Å². The molecule has 0 aliphatic carbocycles. The molecule has 3 aliphatic rings. The number of fused-ring (bicyclic) bond motifs is 1. The molecule has 1 aromatic carbocycles. The van der Waals surface area contributed by atoms with Crippen molar-refractivity contribution in [2.75, 3.05) is 26.2 Å². The van der Waals surface area contributed by atoms with Crippen LogP contribution in [0.1, 0.15) is 46.5 Å². The van der Waals surface area contributed by atoms with Gasteiger partial charge < -0.3 is 15.5 Å². The van der Waals surface area contributed by atoms with Crippen LogP contribution in [0, 0.1) is 0 Å². The summed E-state index contributed by atoms with van der Waals surface area (Å²) in [5, 5.41) is 8.14. The fraction of sp³-hybridized carbons (Fsp3) is 0.450. The van der Waals surface area contributed by atoms with Gasteiger partial charge in [0.15, 0.2) is 0 Å². The van der Waals surface area contributed by atoms with Gasteiger partial charge in [0.2, 0.25) is 11.8 Å². The van der Waals surface area contributed by atoms with Gasteiger partial charge in [-0.15, -0.1) is 0 Å². The molecule has 2 fully saturated rings. The maximum Gasteiger partial charge on any atom is 0.317 e. The number of nitrogens with zero attached hydrogens (tertiary/aromatic N) is 2. The average Bonchev–Trinajstić information content (AvgIpc) is 2.98. The summed E-state index contributed by atoms with van der Waals surface area (Å²) in [5.74, 6) is -2.20. The molecular weight excluding hydrogens is 390 g/mol. The van der Waals surface area contributed by atoms with E-state index in [1.165, 1.54) is 6.07 Å². The van der Waals surface area contributed by atoms with Crippen LogP contribution in [-0.4, -0.2) is 71.7 Å². The monoisotopic (exact) mass is 415 g/mol. The minimum absolute atomic E-state index is 0. The summed E-state index contributed by atoms with van der Waals surface area (Å²) < 4.78 is 0. The van der Waals surface area contributed by atoms with E-state index in [0.29, 0.717) is 18.7 Å². The minimum Gasteiger partial charge on any atom is -0.334 e. The van der Waals surface area contributed by atoms with Crippen LogP contribution in [0.5, 0.6) is 0 Å². The highest BCUT2D eigenvalue weighted by Crippen LogP contribution is 2.29. The van der Waals surface area contributed by atoms with Crippen molar-refractivity contribution in [3.8, 4) is 0 Å². The van der Waals surface area contributed by atoms with Crippen molar-refractivity contribution in [2.45, 2.75) is 32.9 Å². The molecule has 6 amide bonds. The van der Waals surface area contributed by atoms with Gasteiger partial charge in [-0.2, -0.15) is 0 Å². The second-order valence-electron chi connectivity index (χ2n) is 7.18. The van der Waals surface area contributed by atoms with Gasteiger partial charge in [0.25, 0.3) is 11.8 Å². The lowest BCUT2D eigenvalue weighted by molar-refractivity contribution is -0.136. The second kappa shape index (κ2) is 8.62. The number of hydrogen-bond donors (Lipinski definition) is 3. The molecule has 1 atom stereocenters. The number of nitrogens with one attached hydrogen (secondary N) is 3. The number of carbonyl (C=O) groups is 5. The van der Waals surface area contributed by atoms with Gasteiger partial charge in [0.1, 0.15) is 6.04 Å². The molecule has 3 N–H and O–H groups in total. The molecule has 1 aromatic rings. The molecule has 4 rings (SSSR count). The molecular formula is C20H25N5O5. The molecule has 10 nitrogen and oxygen atoms in total.